The van der Waals surface area contributed by atoms with Crippen LogP contribution in [0.3, 0.4) is 0 Å². The van der Waals surface area contributed by atoms with Crippen molar-refractivity contribution in [2.45, 2.75) is 58.1 Å². The van der Waals surface area contributed by atoms with Crippen LogP contribution in [0.1, 0.15) is 52.2 Å². The van der Waals surface area contributed by atoms with Crippen LogP contribution in [0.25, 0.3) is 0 Å². The molecule has 0 atom stereocenters. The molecular weight excluding hydrogens is 276 g/mol. The van der Waals surface area contributed by atoms with Crippen molar-refractivity contribution in [2.75, 3.05) is 6.54 Å². The van der Waals surface area contributed by atoms with Crippen molar-refractivity contribution in [2.24, 2.45) is 10.6 Å². The average molecular weight is 302 g/mol. The number of unbranched alkanes of at least 4 members (excludes halogenated alkanes) is 2. The zero-order valence-electron chi connectivity index (χ0n) is 12.6. The Bertz CT molecular complexity index is 506. The van der Waals surface area contributed by atoms with Gasteiger partial charge in [0.15, 0.2) is 0 Å². The van der Waals surface area contributed by atoms with Crippen LogP contribution in [0, 0.1) is 5.41 Å². The minimum Gasteiger partial charge on any atom is -0.447 e. The monoisotopic (exact) mass is 302 g/mol. The van der Waals surface area contributed by atoms with E-state index < -0.39 is 10.0 Å². The molecule has 0 saturated carbocycles. The van der Waals surface area contributed by atoms with Crippen molar-refractivity contribution in [3.05, 3.63) is 17.9 Å². The first-order valence-electron chi connectivity index (χ1n) is 7.07. The summed E-state index contributed by atoms with van der Waals surface area (Å²) in [5, 5.41) is 8.11. The van der Waals surface area contributed by atoms with E-state index in [1.165, 1.54) is 31.7 Å². The maximum atomic E-state index is 11.1. The Labute approximate surface area is 122 Å². The summed E-state index contributed by atoms with van der Waals surface area (Å²) in [5.41, 5.74) is 0.227. The molecule has 0 amide bonds. The molecule has 1 rings (SSSR count). The van der Waals surface area contributed by atoms with Crippen LogP contribution in [0.5, 0.6) is 0 Å². The lowest BCUT2D eigenvalue weighted by Crippen LogP contribution is -2.29. The molecule has 0 spiro atoms. The molecule has 0 aliphatic heterocycles. The summed E-state index contributed by atoms with van der Waals surface area (Å²) in [6.45, 7) is 8.03. The molecule has 0 radical (unpaired) electrons. The second kappa shape index (κ2) is 7.24. The summed E-state index contributed by atoms with van der Waals surface area (Å²) in [6, 6.07) is 3.02. The number of furan rings is 1. The summed E-state index contributed by atoms with van der Waals surface area (Å²) in [7, 11) is -3.74. The van der Waals surface area contributed by atoms with Gasteiger partial charge in [0.25, 0.3) is 10.0 Å². The van der Waals surface area contributed by atoms with E-state index in [2.05, 4.69) is 26.1 Å². The predicted molar refractivity (Wildman–Crippen MR) is 79.7 cm³/mol. The van der Waals surface area contributed by atoms with Gasteiger partial charge < -0.3 is 9.73 Å². The van der Waals surface area contributed by atoms with Crippen molar-refractivity contribution < 1.29 is 12.8 Å². The number of sulfonamides is 1. The van der Waals surface area contributed by atoms with Crippen molar-refractivity contribution in [1.82, 2.24) is 5.32 Å². The summed E-state index contributed by atoms with van der Waals surface area (Å²) in [4.78, 5) is 0. The predicted octanol–water partition coefficient (Wildman–Crippen LogP) is 2.62. The molecule has 0 unspecified atom stereocenters. The second-order valence-electron chi connectivity index (χ2n) is 5.99. The number of rotatable bonds is 9. The second-order valence-corrected chi connectivity index (χ2v) is 7.48. The molecule has 116 valence electrons. The number of nitrogens with one attached hydrogen (secondary N) is 1. The Hall–Kier alpha value is -0.850. The maximum absolute atomic E-state index is 11.1. The first-order chi connectivity index (χ1) is 9.24. The smallest absolute Gasteiger partial charge is 0.271 e. The van der Waals surface area contributed by atoms with Crippen LogP contribution in [-0.2, 0) is 16.6 Å². The lowest BCUT2D eigenvalue weighted by atomic mass is 9.87. The minimum atomic E-state index is -3.74. The first-order valence-corrected chi connectivity index (χ1v) is 8.61. The molecule has 0 aliphatic rings. The van der Waals surface area contributed by atoms with Gasteiger partial charge in [0, 0.05) is 6.54 Å². The number of nitrogens with two attached hydrogens (primary N) is 1. The molecule has 1 heterocycles. The Balaban J connectivity index is 2.38. The molecule has 20 heavy (non-hydrogen) atoms. The fourth-order valence-electron chi connectivity index (χ4n) is 2.07. The van der Waals surface area contributed by atoms with Crippen molar-refractivity contribution in [3.63, 3.8) is 0 Å². The van der Waals surface area contributed by atoms with Crippen LogP contribution < -0.4 is 10.5 Å². The first kappa shape index (κ1) is 17.2. The fraction of sp³-hybridized carbons (Fsp3) is 0.714. The van der Waals surface area contributed by atoms with Crippen LogP contribution in [0.15, 0.2) is 21.6 Å². The highest BCUT2D eigenvalue weighted by atomic mass is 32.2. The number of hydrogen-bond donors (Lipinski definition) is 2. The fourth-order valence-corrected chi connectivity index (χ4v) is 2.55. The lowest BCUT2D eigenvalue weighted by Gasteiger charge is -2.24. The van der Waals surface area contributed by atoms with Gasteiger partial charge in [-0.15, -0.1) is 0 Å². The Morgan fingerprint density at radius 2 is 2.00 bits per heavy atom. The molecule has 5 nitrogen and oxygen atoms in total. The molecule has 0 fully saturated rings. The molecule has 0 saturated heterocycles. The van der Waals surface area contributed by atoms with Crippen LogP contribution in [-0.4, -0.2) is 15.0 Å². The van der Waals surface area contributed by atoms with Gasteiger partial charge in [-0.25, -0.2) is 13.6 Å². The van der Waals surface area contributed by atoms with Gasteiger partial charge in [0.1, 0.15) is 5.76 Å². The summed E-state index contributed by atoms with van der Waals surface area (Å²) < 4.78 is 27.4. The van der Waals surface area contributed by atoms with E-state index in [9.17, 15) is 8.42 Å². The van der Waals surface area contributed by atoms with Crippen molar-refractivity contribution in [1.29, 1.82) is 0 Å². The summed E-state index contributed by atoms with van der Waals surface area (Å²) in [5.74, 6) is 0.582. The SMILES string of the molecule is CCCCCC(C)(C)CNCc1ccc(S(N)(=O)=O)o1. The molecule has 0 bridgehead atoms. The van der Waals surface area contributed by atoms with Gasteiger partial charge >= 0.3 is 0 Å². The molecular formula is C14H26N2O3S. The summed E-state index contributed by atoms with van der Waals surface area (Å²) in [6.07, 6.45) is 4.90. The molecule has 0 aromatic carbocycles. The highest BCUT2D eigenvalue weighted by molar-refractivity contribution is 7.89. The lowest BCUT2D eigenvalue weighted by molar-refractivity contribution is 0.294. The van der Waals surface area contributed by atoms with E-state index in [4.69, 9.17) is 9.56 Å². The third-order valence-electron chi connectivity index (χ3n) is 3.28. The highest BCUT2D eigenvalue weighted by Gasteiger charge is 2.17. The van der Waals surface area contributed by atoms with E-state index in [0.29, 0.717) is 12.3 Å². The molecule has 0 aliphatic carbocycles. The minimum absolute atomic E-state index is 0.184. The highest BCUT2D eigenvalue weighted by Crippen LogP contribution is 2.23. The third kappa shape index (κ3) is 6.07. The standard InChI is InChI=1S/C14H26N2O3S/c1-4-5-6-9-14(2,3)11-16-10-12-7-8-13(19-12)20(15,17)18/h7-8,16H,4-6,9-11H2,1-3H3,(H2,15,17,18). The van der Waals surface area contributed by atoms with Gasteiger partial charge in [-0.05, 0) is 24.0 Å². The largest absolute Gasteiger partial charge is 0.447 e. The topological polar surface area (TPSA) is 85.3 Å². The van der Waals surface area contributed by atoms with Gasteiger partial charge in [0.2, 0.25) is 5.09 Å². The van der Waals surface area contributed by atoms with E-state index in [0.717, 1.165) is 6.54 Å². The third-order valence-corrected chi connectivity index (χ3v) is 4.06. The number of primary sulfonamides is 1. The Morgan fingerprint density at radius 3 is 2.55 bits per heavy atom. The molecule has 1 aromatic rings. The van der Waals surface area contributed by atoms with Crippen LogP contribution in [0.2, 0.25) is 0 Å². The zero-order chi connectivity index (χ0) is 15.2. The van der Waals surface area contributed by atoms with E-state index in [1.54, 1.807) is 6.07 Å². The van der Waals surface area contributed by atoms with Gasteiger partial charge in [-0.1, -0.05) is 40.0 Å². The number of hydrogen-bond acceptors (Lipinski definition) is 4. The molecule has 6 heteroatoms. The Kier molecular flexibility index (Phi) is 6.23. The molecule has 1 aromatic heterocycles. The van der Waals surface area contributed by atoms with Gasteiger partial charge in [0.05, 0.1) is 6.54 Å². The summed E-state index contributed by atoms with van der Waals surface area (Å²) >= 11 is 0. The van der Waals surface area contributed by atoms with Crippen LogP contribution in [0.4, 0.5) is 0 Å². The molecule has 3 N–H and O–H groups in total. The quantitative estimate of drug-likeness (QED) is 0.687. The van der Waals surface area contributed by atoms with Gasteiger partial charge in [-0.2, -0.15) is 0 Å². The van der Waals surface area contributed by atoms with E-state index in [1.807, 2.05) is 0 Å². The van der Waals surface area contributed by atoms with E-state index >= 15 is 0 Å². The maximum Gasteiger partial charge on any atom is 0.271 e. The van der Waals surface area contributed by atoms with Crippen LogP contribution >= 0.6 is 0 Å². The Morgan fingerprint density at radius 1 is 1.30 bits per heavy atom. The van der Waals surface area contributed by atoms with Crippen molar-refractivity contribution >= 4 is 10.0 Å². The average Bonchev–Trinajstić information content (AvgIpc) is 2.77. The van der Waals surface area contributed by atoms with Crippen molar-refractivity contribution in [3.8, 4) is 0 Å². The van der Waals surface area contributed by atoms with Gasteiger partial charge in [-0.3, -0.25) is 0 Å². The normalized spacial score (nSPS) is 12.8. The van der Waals surface area contributed by atoms with E-state index in [-0.39, 0.29) is 10.5 Å². The zero-order valence-corrected chi connectivity index (χ0v) is 13.4.